The largest absolute Gasteiger partial charge is 0.497 e. The number of fused-ring (bicyclic) bond motifs is 1. The van der Waals surface area contributed by atoms with E-state index in [-0.39, 0.29) is 29.1 Å². The van der Waals surface area contributed by atoms with Gasteiger partial charge in [-0.15, -0.1) is 10.2 Å². The van der Waals surface area contributed by atoms with Crippen molar-refractivity contribution in [2.75, 3.05) is 31.4 Å². The van der Waals surface area contributed by atoms with Crippen LogP contribution in [0.1, 0.15) is 17.8 Å². The Hall–Kier alpha value is -2.59. The molecule has 0 bridgehead atoms. The van der Waals surface area contributed by atoms with Crippen LogP contribution in [0.3, 0.4) is 0 Å². The van der Waals surface area contributed by atoms with Gasteiger partial charge in [0.25, 0.3) is 0 Å². The molecule has 2 heterocycles. The van der Waals surface area contributed by atoms with Crippen LogP contribution in [0.25, 0.3) is 10.8 Å². The molecule has 1 fully saturated rings. The number of ether oxygens (including phenoxy) is 1. The molecular formula is C23H28N4O4S2. The zero-order valence-corrected chi connectivity index (χ0v) is 20.7. The average Bonchev–Trinajstić information content (AvgIpc) is 3.32. The summed E-state index contributed by atoms with van der Waals surface area (Å²) >= 11 is 1.35. The molecule has 0 aliphatic carbocycles. The fourth-order valence-electron chi connectivity index (χ4n) is 4.04. The Morgan fingerprint density at radius 1 is 1.21 bits per heavy atom. The van der Waals surface area contributed by atoms with E-state index in [1.54, 1.807) is 19.1 Å². The Bertz CT molecular complexity index is 1270. The van der Waals surface area contributed by atoms with Gasteiger partial charge in [0.05, 0.1) is 24.4 Å². The van der Waals surface area contributed by atoms with Gasteiger partial charge in [0.15, 0.2) is 15.0 Å². The van der Waals surface area contributed by atoms with Crippen molar-refractivity contribution in [1.29, 1.82) is 0 Å². The Kier molecular flexibility index (Phi) is 6.94. The number of benzene rings is 2. The fraction of sp³-hybridized carbons (Fsp3) is 0.435. The zero-order valence-electron chi connectivity index (χ0n) is 19.0. The molecule has 1 saturated heterocycles. The Morgan fingerprint density at radius 3 is 2.70 bits per heavy atom. The van der Waals surface area contributed by atoms with Gasteiger partial charge in [0, 0.05) is 27.1 Å². The molecule has 3 aromatic rings. The van der Waals surface area contributed by atoms with Crippen molar-refractivity contribution in [3.8, 4) is 5.75 Å². The standard InChI is InChI=1S/C23H28N4O4S2/c1-26(13-16-4-5-19-12-20(31-3)7-6-18(19)10-16)22(28)14-32-23-25-24-21(27(23)2)11-17-8-9-33(29,30)15-17/h4-7,10,12,17H,8-9,11,13-15H2,1-3H3. The van der Waals surface area contributed by atoms with E-state index in [2.05, 4.69) is 16.3 Å². The predicted molar refractivity (Wildman–Crippen MR) is 129 cm³/mol. The number of sulfone groups is 1. The zero-order chi connectivity index (χ0) is 23.6. The van der Waals surface area contributed by atoms with E-state index in [1.165, 1.54) is 11.8 Å². The molecule has 176 valence electrons. The number of amides is 1. The first-order chi connectivity index (χ1) is 15.7. The summed E-state index contributed by atoms with van der Waals surface area (Å²) < 4.78 is 30.5. The minimum Gasteiger partial charge on any atom is -0.497 e. The van der Waals surface area contributed by atoms with Crippen molar-refractivity contribution in [3.63, 3.8) is 0 Å². The van der Waals surface area contributed by atoms with Gasteiger partial charge >= 0.3 is 0 Å². The van der Waals surface area contributed by atoms with E-state index in [9.17, 15) is 13.2 Å². The topological polar surface area (TPSA) is 94.4 Å². The van der Waals surface area contributed by atoms with Gasteiger partial charge in [-0.05, 0) is 46.9 Å². The highest BCUT2D eigenvalue weighted by Crippen LogP contribution is 2.25. The summed E-state index contributed by atoms with van der Waals surface area (Å²) in [6.07, 6.45) is 1.26. The summed E-state index contributed by atoms with van der Waals surface area (Å²) in [5.74, 6) is 2.39. The van der Waals surface area contributed by atoms with Crippen molar-refractivity contribution in [3.05, 3.63) is 47.8 Å². The van der Waals surface area contributed by atoms with E-state index in [0.29, 0.717) is 24.5 Å². The maximum absolute atomic E-state index is 12.7. The molecule has 2 aromatic carbocycles. The number of nitrogens with zero attached hydrogens (tertiary/aromatic N) is 4. The molecule has 1 aliphatic rings. The first-order valence-corrected chi connectivity index (χ1v) is 13.6. The number of carbonyl (C=O) groups excluding carboxylic acids is 1. The van der Waals surface area contributed by atoms with Gasteiger partial charge in [-0.3, -0.25) is 4.79 Å². The van der Waals surface area contributed by atoms with E-state index < -0.39 is 9.84 Å². The van der Waals surface area contributed by atoms with Crippen LogP contribution in [0.15, 0.2) is 41.6 Å². The van der Waals surface area contributed by atoms with Gasteiger partial charge in [-0.25, -0.2) is 8.42 Å². The lowest BCUT2D eigenvalue weighted by Gasteiger charge is -2.17. The highest BCUT2D eigenvalue weighted by molar-refractivity contribution is 7.99. The molecular weight excluding hydrogens is 460 g/mol. The van der Waals surface area contributed by atoms with Crippen molar-refractivity contribution < 1.29 is 17.9 Å². The summed E-state index contributed by atoms with van der Waals surface area (Å²) in [5, 5.41) is 11.3. The average molecular weight is 489 g/mol. The molecule has 1 amide bonds. The number of hydrogen-bond acceptors (Lipinski definition) is 7. The number of methoxy groups -OCH3 is 1. The highest BCUT2D eigenvalue weighted by Gasteiger charge is 2.29. The second-order valence-electron chi connectivity index (χ2n) is 8.52. The number of aromatic nitrogens is 3. The normalized spacial score (nSPS) is 17.4. The Morgan fingerprint density at radius 2 is 1.97 bits per heavy atom. The third kappa shape index (κ3) is 5.67. The van der Waals surface area contributed by atoms with Crippen LogP contribution < -0.4 is 4.74 Å². The Balaban J connectivity index is 1.32. The van der Waals surface area contributed by atoms with Crippen LogP contribution in [0.4, 0.5) is 0 Å². The van der Waals surface area contributed by atoms with Gasteiger partial charge in [-0.2, -0.15) is 0 Å². The first-order valence-electron chi connectivity index (χ1n) is 10.8. The van der Waals surface area contributed by atoms with Crippen LogP contribution in [0.2, 0.25) is 0 Å². The smallest absolute Gasteiger partial charge is 0.233 e. The summed E-state index contributed by atoms with van der Waals surface area (Å²) in [6.45, 7) is 0.515. The fourth-order valence-corrected chi connectivity index (χ4v) is 6.77. The lowest BCUT2D eigenvalue weighted by molar-refractivity contribution is -0.127. The summed E-state index contributed by atoms with van der Waals surface area (Å²) in [6, 6.07) is 12.1. The minimum absolute atomic E-state index is 0.00117. The summed E-state index contributed by atoms with van der Waals surface area (Å²) in [5.41, 5.74) is 1.06. The van der Waals surface area contributed by atoms with E-state index >= 15 is 0 Å². The SMILES string of the molecule is COc1ccc2cc(CN(C)C(=O)CSc3nnc(CC4CCS(=O)(=O)C4)n3C)ccc2c1. The number of rotatable bonds is 8. The molecule has 1 unspecified atom stereocenters. The van der Waals surface area contributed by atoms with Gasteiger partial charge in [0.2, 0.25) is 5.91 Å². The number of thioether (sulfide) groups is 1. The quantitative estimate of drug-likeness (QED) is 0.450. The van der Waals surface area contributed by atoms with Crippen LogP contribution in [-0.4, -0.2) is 65.4 Å². The summed E-state index contributed by atoms with van der Waals surface area (Å²) in [7, 11) is 2.39. The molecule has 0 N–H and O–H groups in total. The molecule has 1 aromatic heterocycles. The van der Waals surface area contributed by atoms with Crippen molar-refractivity contribution in [2.24, 2.45) is 13.0 Å². The second kappa shape index (κ2) is 9.72. The van der Waals surface area contributed by atoms with E-state index in [1.807, 2.05) is 41.9 Å². The highest BCUT2D eigenvalue weighted by atomic mass is 32.2. The molecule has 33 heavy (non-hydrogen) atoms. The lowest BCUT2D eigenvalue weighted by Crippen LogP contribution is -2.27. The first kappa shape index (κ1) is 23.6. The molecule has 0 saturated carbocycles. The molecule has 0 spiro atoms. The molecule has 8 nitrogen and oxygen atoms in total. The molecule has 1 atom stereocenters. The van der Waals surface area contributed by atoms with E-state index in [4.69, 9.17) is 4.74 Å². The molecule has 4 rings (SSSR count). The maximum Gasteiger partial charge on any atom is 0.233 e. The van der Waals surface area contributed by atoms with Gasteiger partial charge < -0.3 is 14.2 Å². The third-order valence-electron chi connectivity index (χ3n) is 6.01. The van der Waals surface area contributed by atoms with Crippen LogP contribution >= 0.6 is 11.8 Å². The summed E-state index contributed by atoms with van der Waals surface area (Å²) in [4.78, 5) is 14.4. The molecule has 10 heteroatoms. The monoisotopic (exact) mass is 488 g/mol. The van der Waals surface area contributed by atoms with Gasteiger partial charge in [0.1, 0.15) is 11.6 Å². The third-order valence-corrected chi connectivity index (χ3v) is 8.85. The lowest BCUT2D eigenvalue weighted by atomic mass is 10.1. The maximum atomic E-state index is 12.7. The van der Waals surface area contributed by atoms with Crippen LogP contribution in [0, 0.1) is 5.92 Å². The van der Waals surface area contributed by atoms with E-state index in [0.717, 1.165) is 27.9 Å². The molecule has 0 radical (unpaired) electrons. The van der Waals surface area contributed by atoms with Crippen LogP contribution in [-0.2, 0) is 34.6 Å². The van der Waals surface area contributed by atoms with Crippen molar-refractivity contribution in [2.45, 2.75) is 24.5 Å². The van der Waals surface area contributed by atoms with Crippen molar-refractivity contribution in [1.82, 2.24) is 19.7 Å². The minimum atomic E-state index is -2.91. The molecule has 1 aliphatic heterocycles. The second-order valence-corrected chi connectivity index (χ2v) is 11.7. The Labute approximate surface area is 198 Å². The number of carbonyl (C=O) groups is 1. The predicted octanol–water partition coefficient (Wildman–Crippen LogP) is 2.70. The van der Waals surface area contributed by atoms with Crippen molar-refractivity contribution >= 4 is 38.3 Å². The van der Waals surface area contributed by atoms with Crippen LogP contribution in [0.5, 0.6) is 5.75 Å². The number of hydrogen-bond donors (Lipinski definition) is 0. The van der Waals surface area contributed by atoms with Gasteiger partial charge in [-0.1, -0.05) is 30.0 Å².